The highest BCUT2D eigenvalue weighted by Crippen LogP contribution is 2.46. The Balaban J connectivity index is 1.74. The van der Waals surface area contributed by atoms with Crippen molar-refractivity contribution in [1.29, 1.82) is 0 Å². The fourth-order valence-electron chi connectivity index (χ4n) is 3.45. The lowest BCUT2D eigenvalue weighted by molar-refractivity contribution is -0.0990. The van der Waals surface area contributed by atoms with Crippen molar-refractivity contribution in [3.8, 4) is 22.6 Å². The molecule has 0 bridgehead atoms. The molecule has 0 amide bonds. The molecular weight excluding hydrogens is 392 g/mol. The standard InChI is InChI=1S/C19H14ClF2N3O3/c20-15-11(21)2-1-9(16(15)22)10-3-12-18(14-17(10)24-7-25-19(14)23)27-6-13(28-12)8-4-26-5-8/h1-3,7-8,13H,4-6H2,(H2,23,24,25)/t13-/m0/s1. The van der Waals surface area contributed by atoms with Crippen molar-refractivity contribution >= 4 is 28.3 Å². The van der Waals surface area contributed by atoms with E-state index >= 15 is 0 Å². The fourth-order valence-corrected chi connectivity index (χ4v) is 3.61. The topological polar surface area (TPSA) is 79.5 Å². The molecule has 2 aromatic carbocycles. The van der Waals surface area contributed by atoms with E-state index in [1.807, 2.05) is 0 Å². The number of nitrogens with zero attached hydrogens (tertiary/aromatic N) is 2. The lowest BCUT2D eigenvalue weighted by Crippen LogP contribution is -2.45. The van der Waals surface area contributed by atoms with Crippen LogP contribution in [0, 0.1) is 17.6 Å². The van der Waals surface area contributed by atoms with Gasteiger partial charge < -0.3 is 19.9 Å². The number of nitrogen functional groups attached to an aromatic ring is 1. The van der Waals surface area contributed by atoms with E-state index in [1.54, 1.807) is 6.07 Å². The van der Waals surface area contributed by atoms with E-state index in [9.17, 15) is 8.78 Å². The number of halogens is 3. The summed E-state index contributed by atoms with van der Waals surface area (Å²) >= 11 is 5.77. The Morgan fingerprint density at radius 3 is 2.68 bits per heavy atom. The second-order valence-electron chi connectivity index (χ2n) is 6.72. The Morgan fingerprint density at radius 2 is 1.93 bits per heavy atom. The van der Waals surface area contributed by atoms with Crippen LogP contribution in [0.25, 0.3) is 22.0 Å². The largest absolute Gasteiger partial charge is 0.485 e. The highest BCUT2D eigenvalue weighted by atomic mass is 35.5. The monoisotopic (exact) mass is 405 g/mol. The predicted molar refractivity (Wildman–Crippen MR) is 98.5 cm³/mol. The first kappa shape index (κ1) is 17.4. The van der Waals surface area contributed by atoms with Crippen LogP contribution < -0.4 is 15.2 Å². The minimum absolute atomic E-state index is 0.0787. The molecule has 2 N–H and O–H groups in total. The minimum Gasteiger partial charge on any atom is -0.485 e. The van der Waals surface area contributed by atoms with Gasteiger partial charge in [0.25, 0.3) is 0 Å². The van der Waals surface area contributed by atoms with Crippen LogP contribution in [0.4, 0.5) is 14.6 Å². The van der Waals surface area contributed by atoms with E-state index < -0.39 is 16.7 Å². The maximum Gasteiger partial charge on any atom is 0.174 e. The zero-order valence-corrected chi connectivity index (χ0v) is 15.2. The highest BCUT2D eigenvalue weighted by molar-refractivity contribution is 6.31. The molecule has 144 valence electrons. The molecule has 0 unspecified atom stereocenters. The molecule has 9 heteroatoms. The van der Waals surface area contributed by atoms with Crippen molar-refractivity contribution < 1.29 is 23.0 Å². The van der Waals surface area contributed by atoms with Crippen LogP contribution in [0.15, 0.2) is 24.5 Å². The first-order valence-electron chi connectivity index (χ1n) is 8.63. The minimum atomic E-state index is -0.888. The summed E-state index contributed by atoms with van der Waals surface area (Å²) < 4.78 is 45.6. The Labute approximate surface area is 163 Å². The van der Waals surface area contributed by atoms with Gasteiger partial charge in [-0.1, -0.05) is 11.6 Å². The molecule has 1 fully saturated rings. The quantitative estimate of drug-likeness (QED) is 0.656. The van der Waals surface area contributed by atoms with Gasteiger partial charge in [0.1, 0.15) is 35.7 Å². The van der Waals surface area contributed by atoms with Crippen molar-refractivity contribution in [2.45, 2.75) is 6.10 Å². The number of aromatic nitrogens is 2. The molecule has 1 aromatic heterocycles. The molecule has 0 aliphatic carbocycles. The third kappa shape index (κ3) is 2.56. The van der Waals surface area contributed by atoms with E-state index in [0.29, 0.717) is 47.8 Å². The lowest BCUT2D eigenvalue weighted by atomic mass is 9.98. The smallest absolute Gasteiger partial charge is 0.174 e. The Hall–Kier alpha value is -2.71. The first-order chi connectivity index (χ1) is 13.5. The average Bonchev–Trinajstić information content (AvgIpc) is 2.64. The number of rotatable bonds is 2. The Morgan fingerprint density at radius 1 is 1.11 bits per heavy atom. The maximum atomic E-state index is 14.7. The van der Waals surface area contributed by atoms with Crippen molar-refractivity contribution in [3.05, 3.63) is 41.2 Å². The van der Waals surface area contributed by atoms with Crippen molar-refractivity contribution in [3.63, 3.8) is 0 Å². The number of nitrogens with two attached hydrogens (primary N) is 1. The Bertz CT molecular complexity index is 1110. The average molecular weight is 406 g/mol. The van der Waals surface area contributed by atoms with E-state index in [-0.39, 0.29) is 23.4 Å². The summed E-state index contributed by atoms with van der Waals surface area (Å²) in [5.41, 5.74) is 6.86. The van der Waals surface area contributed by atoms with Crippen LogP contribution in [0.5, 0.6) is 11.5 Å². The van der Waals surface area contributed by atoms with Crippen LogP contribution in [0.3, 0.4) is 0 Å². The summed E-state index contributed by atoms with van der Waals surface area (Å²) in [6.45, 7) is 1.52. The van der Waals surface area contributed by atoms with Gasteiger partial charge in [-0.05, 0) is 18.2 Å². The van der Waals surface area contributed by atoms with Gasteiger partial charge in [-0.25, -0.2) is 18.7 Å². The van der Waals surface area contributed by atoms with Gasteiger partial charge in [-0.3, -0.25) is 0 Å². The van der Waals surface area contributed by atoms with Gasteiger partial charge >= 0.3 is 0 Å². The van der Waals surface area contributed by atoms with Crippen molar-refractivity contribution in [2.75, 3.05) is 25.6 Å². The summed E-state index contributed by atoms with van der Waals surface area (Å²) in [4.78, 5) is 8.27. The molecule has 3 heterocycles. The highest BCUT2D eigenvalue weighted by Gasteiger charge is 2.35. The predicted octanol–water partition coefficient (Wildman–Crippen LogP) is 3.60. The second kappa shape index (κ2) is 6.42. The van der Waals surface area contributed by atoms with Crippen LogP contribution in [-0.2, 0) is 4.74 Å². The van der Waals surface area contributed by atoms with E-state index in [0.717, 1.165) is 6.07 Å². The second-order valence-corrected chi connectivity index (χ2v) is 7.10. The number of benzene rings is 2. The van der Waals surface area contributed by atoms with Crippen LogP contribution >= 0.6 is 11.6 Å². The Kier molecular flexibility index (Phi) is 3.99. The number of hydrogen-bond donors (Lipinski definition) is 1. The molecule has 2 aliphatic rings. The van der Waals surface area contributed by atoms with E-state index in [2.05, 4.69) is 9.97 Å². The SMILES string of the molecule is Nc1ncnc2c(-c3ccc(F)c(Cl)c3F)cc3c(c12)OC[C@@H](C1COC1)O3. The van der Waals surface area contributed by atoms with Crippen LogP contribution in [-0.4, -0.2) is 35.9 Å². The molecule has 6 nitrogen and oxygen atoms in total. The maximum absolute atomic E-state index is 14.7. The first-order valence-corrected chi connectivity index (χ1v) is 9.00. The molecule has 1 atom stereocenters. The molecule has 0 spiro atoms. The third-order valence-electron chi connectivity index (χ3n) is 5.04. The molecule has 0 radical (unpaired) electrons. The third-order valence-corrected chi connectivity index (χ3v) is 5.39. The van der Waals surface area contributed by atoms with Gasteiger partial charge in [0.15, 0.2) is 17.3 Å². The molecule has 5 rings (SSSR count). The molecule has 2 aliphatic heterocycles. The summed E-state index contributed by atoms with van der Waals surface area (Å²) in [6, 6.07) is 4.02. The molecular formula is C19H14ClF2N3O3. The molecule has 28 heavy (non-hydrogen) atoms. The molecule has 1 saturated heterocycles. The lowest BCUT2D eigenvalue weighted by Gasteiger charge is -2.37. The molecule has 0 saturated carbocycles. The number of ether oxygens (including phenoxy) is 3. The summed E-state index contributed by atoms with van der Waals surface area (Å²) in [5, 5.41) is -0.176. The number of hydrogen-bond acceptors (Lipinski definition) is 6. The zero-order chi connectivity index (χ0) is 19.4. The number of fused-ring (bicyclic) bond motifs is 3. The van der Waals surface area contributed by atoms with E-state index in [1.165, 1.54) is 12.4 Å². The zero-order valence-electron chi connectivity index (χ0n) is 14.4. The van der Waals surface area contributed by atoms with E-state index in [4.69, 9.17) is 31.5 Å². The fraction of sp³-hybridized carbons (Fsp3) is 0.263. The van der Waals surface area contributed by atoms with Crippen molar-refractivity contribution in [1.82, 2.24) is 9.97 Å². The van der Waals surface area contributed by atoms with Gasteiger partial charge in [0, 0.05) is 17.0 Å². The summed E-state index contributed by atoms with van der Waals surface area (Å²) in [6.07, 6.45) is 1.08. The van der Waals surface area contributed by atoms with Gasteiger partial charge in [0.05, 0.1) is 24.1 Å². The number of anilines is 1. The molecule has 3 aromatic rings. The normalized spacial score (nSPS) is 18.9. The van der Waals surface area contributed by atoms with Gasteiger partial charge in [-0.15, -0.1) is 0 Å². The summed E-state index contributed by atoms with van der Waals surface area (Å²) in [5.74, 6) is -0.543. The van der Waals surface area contributed by atoms with Crippen molar-refractivity contribution in [2.24, 2.45) is 5.92 Å². The van der Waals surface area contributed by atoms with Gasteiger partial charge in [-0.2, -0.15) is 0 Å². The van der Waals surface area contributed by atoms with Gasteiger partial charge in [0.2, 0.25) is 0 Å². The summed E-state index contributed by atoms with van der Waals surface area (Å²) in [7, 11) is 0. The van der Waals surface area contributed by atoms with Crippen LogP contribution in [0.2, 0.25) is 5.02 Å². The van der Waals surface area contributed by atoms with Crippen LogP contribution in [0.1, 0.15) is 0 Å².